The molecule has 0 saturated heterocycles. The number of hydrogen-bond donors (Lipinski definition) is 2. The molecule has 1 atom stereocenters. The van der Waals surface area contributed by atoms with Crippen molar-refractivity contribution in [1.29, 1.82) is 0 Å². The van der Waals surface area contributed by atoms with Crippen molar-refractivity contribution in [2.24, 2.45) is 0 Å². The Morgan fingerprint density at radius 2 is 2.19 bits per heavy atom. The Bertz CT molecular complexity index is 418. The van der Waals surface area contributed by atoms with Crippen LogP contribution in [0, 0.1) is 5.82 Å². The summed E-state index contributed by atoms with van der Waals surface area (Å²) in [7, 11) is 0. The molecule has 0 aliphatic heterocycles. The van der Waals surface area contributed by atoms with E-state index in [1.165, 1.54) is 6.07 Å². The molecule has 16 heavy (non-hydrogen) atoms. The van der Waals surface area contributed by atoms with Gasteiger partial charge in [-0.2, -0.15) is 0 Å². The molecule has 1 aromatic carbocycles. The number of halogens is 2. The summed E-state index contributed by atoms with van der Waals surface area (Å²) >= 11 is 3.16. The summed E-state index contributed by atoms with van der Waals surface area (Å²) in [6.07, 6.45) is 7.51. The summed E-state index contributed by atoms with van der Waals surface area (Å²) < 4.78 is 13.6. The maximum atomic E-state index is 13.2. The second-order valence-corrected chi connectivity index (χ2v) is 4.83. The highest BCUT2D eigenvalue weighted by molar-refractivity contribution is 9.10. The first kappa shape index (κ1) is 11.5. The van der Waals surface area contributed by atoms with Crippen LogP contribution in [0.1, 0.15) is 19.3 Å². The number of allylic oxidation sites excluding steroid dienone is 1. The number of nitrogens with two attached hydrogens (primary N) is 1. The Morgan fingerprint density at radius 3 is 2.88 bits per heavy atom. The first-order valence-corrected chi connectivity index (χ1v) is 6.12. The molecule has 2 nitrogen and oxygen atoms in total. The molecule has 0 radical (unpaired) electrons. The van der Waals surface area contributed by atoms with Crippen molar-refractivity contribution in [2.75, 3.05) is 11.1 Å². The molecule has 2 rings (SSSR count). The van der Waals surface area contributed by atoms with Gasteiger partial charge in [0.2, 0.25) is 0 Å². The van der Waals surface area contributed by atoms with Gasteiger partial charge in [-0.05, 0) is 41.3 Å². The van der Waals surface area contributed by atoms with Crippen molar-refractivity contribution in [2.45, 2.75) is 25.3 Å². The molecule has 4 heteroatoms. The van der Waals surface area contributed by atoms with Crippen LogP contribution in [-0.4, -0.2) is 6.04 Å². The van der Waals surface area contributed by atoms with E-state index in [2.05, 4.69) is 33.4 Å². The lowest BCUT2D eigenvalue weighted by atomic mass is 10.0. The van der Waals surface area contributed by atoms with Crippen LogP contribution in [0.5, 0.6) is 0 Å². The molecule has 1 unspecified atom stereocenters. The molecule has 1 aliphatic rings. The minimum atomic E-state index is -0.327. The van der Waals surface area contributed by atoms with Gasteiger partial charge in [-0.1, -0.05) is 12.2 Å². The third-order valence-corrected chi connectivity index (χ3v) is 3.33. The Morgan fingerprint density at radius 1 is 1.38 bits per heavy atom. The van der Waals surface area contributed by atoms with Crippen molar-refractivity contribution in [3.8, 4) is 0 Å². The normalized spacial score (nSPS) is 19.8. The van der Waals surface area contributed by atoms with E-state index in [4.69, 9.17) is 5.73 Å². The number of anilines is 2. The first-order valence-electron chi connectivity index (χ1n) is 5.33. The fraction of sp³-hybridized carbons (Fsp3) is 0.333. The Balaban J connectivity index is 2.14. The minimum Gasteiger partial charge on any atom is -0.397 e. The van der Waals surface area contributed by atoms with Gasteiger partial charge in [0.1, 0.15) is 5.82 Å². The van der Waals surface area contributed by atoms with E-state index < -0.39 is 0 Å². The van der Waals surface area contributed by atoms with Gasteiger partial charge in [-0.3, -0.25) is 0 Å². The van der Waals surface area contributed by atoms with Gasteiger partial charge in [-0.15, -0.1) is 0 Å². The number of rotatable bonds is 2. The van der Waals surface area contributed by atoms with E-state index in [0.717, 1.165) is 24.9 Å². The van der Waals surface area contributed by atoms with Crippen molar-refractivity contribution in [1.82, 2.24) is 0 Å². The van der Waals surface area contributed by atoms with Gasteiger partial charge in [0.15, 0.2) is 0 Å². The van der Waals surface area contributed by atoms with Gasteiger partial charge in [-0.25, -0.2) is 4.39 Å². The minimum absolute atomic E-state index is 0.327. The molecule has 1 aromatic rings. The molecule has 0 spiro atoms. The number of nitrogen functional groups attached to an aromatic ring is 1. The summed E-state index contributed by atoms with van der Waals surface area (Å²) in [6.45, 7) is 0. The summed E-state index contributed by atoms with van der Waals surface area (Å²) in [5.74, 6) is -0.327. The third kappa shape index (κ3) is 2.55. The van der Waals surface area contributed by atoms with Crippen LogP contribution < -0.4 is 11.1 Å². The fourth-order valence-electron chi connectivity index (χ4n) is 1.83. The Hall–Kier alpha value is -1.03. The summed E-state index contributed by atoms with van der Waals surface area (Å²) in [5, 5.41) is 3.34. The maximum absolute atomic E-state index is 13.2. The van der Waals surface area contributed by atoms with Crippen LogP contribution in [0.25, 0.3) is 0 Å². The predicted molar refractivity (Wildman–Crippen MR) is 68.9 cm³/mol. The van der Waals surface area contributed by atoms with Gasteiger partial charge >= 0.3 is 0 Å². The van der Waals surface area contributed by atoms with Gasteiger partial charge in [0, 0.05) is 12.1 Å². The van der Waals surface area contributed by atoms with Crippen molar-refractivity contribution in [3.05, 3.63) is 34.6 Å². The van der Waals surface area contributed by atoms with Crippen LogP contribution in [0.2, 0.25) is 0 Å². The molecule has 0 saturated carbocycles. The SMILES string of the molecule is Nc1cc(F)c(Br)cc1NC1CC=CCC1. The molecular weight excluding hydrogens is 271 g/mol. The quantitative estimate of drug-likeness (QED) is 0.642. The van der Waals surface area contributed by atoms with Gasteiger partial charge in [0.25, 0.3) is 0 Å². The van der Waals surface area contributed by atoms with Crippen molar-refractivity contribution >= 4 is 27.3 Å². The van der Waals surface area contributed by atoms with Gasteiger partial charge in [0.05, 0.1) is 15.8 Å². The highest BCUT2D eigenvalue weighted by Gasteiger charge is 2.12. The van der Waals surface area contributed by atoms with Crippen LogP contribution >= 0.6 is 15.9 Å². The number of hydrogen-bond acceptors (Lipinski definition) is 2. The van der Waals surface area contributed by atoms with E-state index in [1.54, 1.807) is 6.07 Å². The molecule has 0 bridgehead atoms. The molecule has 0 heterocycles. The lowest BCUT2D eigenvalue weighted by Crippen LogP contribution is -2.21. The molecule has 0 aromatic heterocycles. The largest absolute Gasteiger partial charge is 0.397 e. The third-order valence-electron chi connectivity index (χ3n) is 2.72. The smallest absolute Gasteiger partial charge is 0.139 e. The van der Waals surface area contributed by atoms with Crippen LogP contribution in [-0.2, 0) is 0 Å². The average molecular weight is 285 g/mol. The predicted octanol–water partition coefficient (Wildman–Crippen LogP) is 3.69. The average Bonchev–Trinajstić information content (AvgIpc) is 2.27. The Labute approximate surface area is 103 Å². The highest BCUT2D eigenvalue weighted by Crippen LogP contribution is 2.28. The van der Waals surface area contributed by atoms with Crippen LogP contribution in [0.15, 0.2) is 28.8 Å². The summed E-state index contributed by atoms with van der Waals surface area (Å²) in [6, 6.07) is 3.43. The zero-order valence-electron chi connectivity index (χ0n) is 8.84. The number of benzene rings is 1. The lowest BCUT2D eigenvalue weighted by Gasteiger charge is -2.21. The van der Waals surface area contributed by atoms with E-state index in [0.29, 0.717) is 16.2 Å². The molecular formula is C12H14BrFN2. The summed E-state index contributed by atoms with van der Waals surface area (Å²) in [4.78, 5) is 0. The first-order chi connectivity index (χ1) is 7.66. The maximum Gasteiger partial charge on any atom is 0.139 e. The van der Waals surface area contributed by atoms with E-state index >= 15 is 0 Å². The van der Waals surface area contributed by atoms with Crippen molar-refractivity contribution in [3.63, 3.8) is 0 Å². The Kier molecular flexibility index (Phi) is 3.49. The second-order valence-electron chi connectivity index (χ2n) is 3.98. The fourth-order valence-corrected chi connectivity index (χ4v) is 2.18. The van der Waals surface area contributed by atoms with E-state index in [-0.39, 0.29) is 5.82 Å². The molecule has 0 fully saturated rings. The monoisotopic (exact) mass is 284 g/mol. The highest BCUT2D eigenvalue weighted by atomic mass is 79.9. The lowest BCUT2D eigenvalue weighted by molar-refractivity contribution is 0.620. The zero-order valence-corrected chi connectivity index (χ0v) is 10.4. The van der Waals surface area contributed by atoms with E-state index in [1.807, 2.05) is 0 Å². The molecule has 0 amide bonds. The van der Waals surface area contributed by atoms with Crippen LogP contribution in [0.3, 0.4) is 0 Å². The van der Waals surface area contributed by atoms with Crippen molar-refractivity contribution < 1.29 is 4.39 Å². The van der Waals surface area contributed by atoms with Gasteiger partial charge < -0.3 is 11.1 Å². The number of nitrogens with one attached hydrogen (secondary N) is 1. The van der Waals surface area contributed by atoms with E-state index in [9.17, 15) is 4.39 Å². The zero-order chi connectivity index (χ0) is 11.5. The summed E-state index contributed by atoms with van der Waals surface area (Å²) in [5.41, 5.74) is 7.02. The topological polar surface area (TPSA) is 38.0 Å². The standard InChI is InChI=1S/C12H14BrFN2/c13-9-6-12(11(15)7-10(9)14)16-8-4-2-1-3-5-8/h1-2,6-8,16H,3-5,15H2. The van der Waals surface area contributed by atoms with Crippen LogP contribution in [0.4, 0.5) is 15.8 Å². The molecule has 86 valence electrons. The molecule has 3 N–H and O–H groups in total. The second kappa shape index (κ2) is 4.87. The molecule has 1 aliphatic carbocycles.